The average molecular weight is 1130 g/mol. The van der Waals surface area contributed by atoms with E-state index in [9.17, 15) is 25.9 Å². The summed E-state index contributed by atoms with van der Waals surface area (Å²) in [6.45, 7) is 8.94. The molecule has 0 bridgehead atoms. The van der Waals surface area contributed by atoms with Gasteiger partial charge >= 0.3 is 27.3 Å². The van der Waals surface area contributed by atoms with Gasteiger partial charge in [-0.05, 0) is 96.5 Å². The van der Waals surface area contributed by atoms with Gasteiger partial charge in [0.1, 0.15) is 20.2 Å². The SMILES string of the molecule is CCCCCCCCCc1cc(CCCCCCCCC)c2c(S(=O)(=O)[O-])cccc2c1.CCCCCCCCCc1cc(CCCCCCCCC)c2c(S(=O)(=O)[O-])cccc2c1.[Pb+2]. The van der Waals surface area contributed by atoms with Crippen molar-refractivity contribution in [2.75, 3.05) is 0 Å². The molecule has 0 amide bonds. The van der Waals surface area contributed by atoms with Gasteiger partial charge in [-0.25, -0.2) is 16.8 Å². The molecule has 0 aromatic heterocycles. The summed E-state index contributed by atoms with van der Waals surface area (Å²) >= 11 is 0. The van der Waals surface area contributed by atoms with E-state index in [0.29, 0.717) is 10.8 Å². The van der Waals surface area contributed by atoms with E-state index in [0.717, 1.165) is 86.1 Å². The van der Waals surface area contributed by atoms with Crippen molar-refractivity contribution in [3.63, 3.8) is 0 Å². The second-order valence-electron chi connectivity index (χ2n) is 18.6. The van der Waals surface area contributed by atoms with Crippen LogP contribution in [-0.2, 0) is 45.9 Å². The molecule has 65 heavy (non-hydrogen) atoms. The Balaban J connectivity index is 0.000000440. The topological polar surface area (TPSA) is 114 Å². The number of unbranched alkanes of at least 4 members (excludes halogenated alkanes) is 24. The summed E-state index contributed by atoms with van der Waals surface area (Å²) in [6, 6.07) is 18.8. The second kappa shape index (κ2) is 34.4. The first kappa shape index (κ1) is 59.3. The summed E-state index contributed by atoms with van der Waals surface area (Å²) in [6.07, 6.45) is 38.7. The Labute approximate surface area is 418 Å². The third-order valence-corrected chi connectivity index (χ3v) is 14.7. The Morgan fingerprint density at radius 1 is 0.354 bits per heavy atom. The molecule has 2 radical (unpaired) electrons. The molecule has 4 aromatic rings. The van der Waals surface area contributed by atoms with Crippen molar-refractivity contribution >= 4 is 69.1 Å². The molecule has 0 unspecified atom stereocenters. The van der Waals surface area contributed by atoms with Gasteiger partial charge in [0.05, 0.1) is 9.79 Å². The van der Waals surface area contributed by atoms with Crippen molar-refractivity contribution in [2.24, 2.45) is 0 Å². The molecule has 0 aliphatic rings. The maximum Gasteiger partial charge on any atom is 2.00 e. The van der Waals surface area contributed by atoms with E-state index in [4.69, 9.17) is 0 Å². The number of aryl methyl sites for hydroxylation is 4. The molecule has 0 N–H and O–H groups in total. The first-order chi connectivity index (χ1) is 30.9. The number of rotatable bonds is 34. The van der Waals surface area contributed by atoms with Crippen LogP contribution in [0, 0.1) is 0 Å². The van der Waals surface area contributed by atoms with Gasteiger partial charge in [0.15, 0.2) is 0 Å². The van der Waals surface area contributed by atoms with Crippen LogP contribution >= 0.6 is 0 Å². The minimum Gasteiger partial charge on any atom is -0.744 e. The maximum atomic E-state index is 11.9. The van der Waals surface area contributed by atoms with E-state index in [2.05, 4.69) is 52.0 Å². The van der Waals surface area contributed by atoms with E-state index in [1.165, 1.54) is 165 Å². The summed E-state index contributed by atoms with van der Waals surface area (Å²) in [5.41, 5.74) is 4.60. The van der Waals surface area contributed by atoms with Crippen LogP contribution in [0.25, 0.3) is 21.5 Å². The van der Waals surface area contributed by atoms with Gasteiger partial charge in [-0.15, -0.1) is 0 Å². The van der Waals surface area contributed by atoms with Gasteiger partial charge in [0.25, 0.3) is 0 Å². The van der Waals surface area contributed by atoms with Gasteiger partial charge in [-0.3, -0.25) is 0 Å². The molecule has 0 atom stereocenters. The predicted octanol–water partition coefficient (Wildman–Crippen LogP) is 16.3. The van der Waals surface area contributed by atoms with E-state index in [1.54, 1.807) is 12.1 Å². The smallest absolute Gasteiger partial charge is 0.744 e. The molecular weight excluding hydrogens is 1040 g/mol. The standard InChI is InChI=1S/2C28H44O3S.Pb/c2*1-3-5-7-9-11-13-15-18-24-22-25(19-16-14-12-10-8-6-4-2)28-26(23-24)20-17-21-27(28)32(29,30)31;/h2*17,20-23H,3-16,18-19H2,1-2H3,(H,29,30,31);/q;;+2/p-2. The fourth-order valence-corrected chi connectivity index (χ4v) is 10.8. The first-order valence-electron chi connectivity index (χ1n) is 25.9. The van der Waals surface area contributed by atoms with Gasteiger partial charge in [-0.1, -0.05) is 230 Å². The van der Waals surface area contributed by atoms with E-state index in [1.807, 2.05) is 12.1 Å². The monoisotopic (exact) mass is 1130 g/mol. The molecule has 4 aromatic carbocycles. The van der Waals surface area contributed by atoms with Crippen molar-refractivity contribution in [1.29, 1.82) is 0 Å². The zero-order valence-corrected chi connectivity index (χ0v) is 46.7. The van der Waals surface area contributed by atoms with Crippen LogP contribution in [0.1, 0.15) is 230 Å². The minimum absolute atomic E-state index is 0. The van der Waals surface area contributed by atoms with E-state index < -0.39 is 20.2 Å². The van der Waals surface area contributed by atoms with Crippen molar-refractivity contribution in [3.8, 4) is 0 Å². The molecule has 0 aliphatic heterocycles. The van der Waals surface area contributed by atoms with Gasteiger partial charge in [-0.2, -0.15) is 0 Å². The van der Waals surface area contributed by atoms with Gasteiger partial charge < -0.3 is 9.11 Å². The van der Waals surface area contributed by atoms with Crippen LogP contribution < -0.4 is 0 Å². The summed E-state index contributed by atoms with van der Waals surface area (Å²) < 4.78 is 71.5. The Morgan fingerprint density at radius 3 is 0.892 bits per heavy atom. The zero-order chi connectivity index (χ0) is 46.5. The van der Waals surface area contributed by atoms with Gasteiger partial charge in [0.2, 0.25) is 0 Å². The quantitative estimate of drug-likeness (QED) is 0.0261. The molecule has 0 saturated carbocycles. The molecule has 4 rings (SSSR count). The van der Waals surface area contributed by atoms with E-state index in [-0.39, 0.29) is 37.1 Å². The molecule has 9 heteroatoms. The normalized spacial score (nSPS) is 11.8. The molecule has 0 aliphatic carbocycles. The molecule has 0 heterocycles. The molecule has 0 saturated heterocycles. The molecule has 0 fully saturated rings. The maximum absolute atomic E-state index is 11.9. The fraction of sp³-hybridized carbons (Fsp3) is 0.643. The van der Waals surface area contributed by atoms with Crippen LogP contribution in [0.5, 0.6) is 0 Å². The molecule has 362 valence electrons. The largest absolute Gasteiger partial charge is 2.00 e. The number of hydrogen-bond acceptors (Lipinski definition) is 6. The number of hydrogen-bond donors (Lipinski definition) is 0. The molecular formula is C56H86O6PbS2. The van der Waals surface area contributed by atoms with Crippen molar-refractivity contribution in [2.45, 2.75) is 243 Å². The van der Waals surface area contributed by atoms with Crippen molar-refractivity contribution in [3.05, 3.63) is 82.9 Å². The Kier molecular flexibility index (Phi) is 31.4. The molecule has 0 spiro atoms. The summed E-state index contributed by atoms with van der Waals surface area (Å²) in [5.74, 6) is 0. The van der Waals surface area contributed by atoms with Crippen LogP contribution in [0.2, 0.25) is 0 Å². The van der Waals surface area contributed by atoms with Crippen LogP contribution in [0.15, 0.2) is 70.5 Å². The summed E-state index contributed by atoms with van der Waals surface area (Å²) in [5, 5.41) is 3.08. The van der Waals surface area contributed by atoms with E-state index >= 15 is 0 Å². The minimum atomic E-state index is -4.49. The summed E-state index contributed by atoms with van der Waals surface area (Å²) in [4.78, 5) is -0.120. The fourth-order valence-electron chi connectivity index (χ4n) is 9.32. The van der Waals surface area contributed by atoms with Crippen LogP contribution in [-0.4, -0.2) is 53.2 Å². The molecule has 6 nitrogen and oxygen atoms in total. The van der Waals surface area contributed by atoms with Crippen molar-refractivity contribution in [1.82, 2.24) is 0 Å². The van der Waals surface area contributed by atoms with Crippen LogP contribution in [0.3, 0.4) is 0 Å². The Hall–Kier alpha value is -1.86. The third kappa shape index (κ3) is 23.3. The average Bonchev–Trinajstić information content (AvgIpc) is 3.26. The Bertz CT molecular complexity index is 1960. The third-order valence-electron chi connectivity index (χ3n) is 12.9. The van der Waals surface area contributed by atoms with Crippen LogP contribution in [0.4, 0.5) is 0 Å². The van der Waals surface area contributed by atoms with Gasteiger partial charge in [0, 0.05) is 10.8 Å². The summed E-state index contributed by atoms with van der Waals surface area (Å²) in [7, 11) is -8.98. The predicted molar refractivity (Wildman–Crippen MR) is 276 cm³/mol. The number of fused-ring (bicyclic) bond motifs is 2. The number of benzene rings is 4. The van der Waals surface area contributed by atoms with Crippen molar-refractivity contribution < 1.29 is 25.9 Å². The Morgan fingerprint density at radius 2 is 0.615 bits per heavy atom. The zero-order valence-electron chi connectivity index (χ0n) is 41.2. The first-order valence-corrected chi connectivity index (χ1v) is 28.8. The second-order valence-corrected chi connectivity index (χ2v) is 21.3.